The van der Waals surface area contributed by atoms with Gasteiger partial charge in [-0.1, -0.05) is 85.3 Å². The molecule has 0 saturated carbocycles. The monoisotopic (exact) mass is 402 g/mol. The van der Waals surface area contributed by atoms with Gasteiger partial charge in [0.05, 0.1) is 6.61 Å². The van der Waals surface area contributed by atoms with E-state index in [0.29, 0.717) is 6.61 Å². The summed E-state index contributed by atoms with van der Waals surface area (Å²) in [6.07, 6.45) is 4.27. The van der Waals surface area contributed by atoms with Crippen molar-refractivity contribution < 1.29 is 4.43 Å². The van der Waals surface area contributed by atoms with Gasteiger partial charge in [-0.25, -0.2) is 0 Å². The van der Waals surface area contributed by atoms with Crippen LogP contribution in [0.2, 0.25) is 18.1 Å². The molecule has 0 spiro atoms. The molecule has 0 aliphatic rings. The first-order valence-electron chi connectivity index (χ1n) is 8.34. The summed E-state index contributed by atoms with van der Waals surface area (Å²) in [7, 11) is -1.68. The second kappa shape index (κ2) is 7.81. The van der Waals surface area contributed by atoms with Gasteiger partial charge in [-0.2, -0.15) is 0 Å². The van der Waals surface area contributed by atoms with E-state index in [1.165, 1.54) is 16.7 Å². The number of benzene rings is 2. The number of halogens is 1. The topological polar surface area (TPSA) is 9.23 Å². The Morgan fingerprint density at radius 3 is 2.17 bits per heavy atom. The maximum atomic E-state index is 6.28. The fraction of sp³-hybridized carbons (Fsp3) is 0.333. The third-order valence-electron chi connectivity index (χ3n) is 4.70. The molecular weight excluding hydrogens is 376 g/mol. The van der Waals surface area contributed by atoms with Crippen molar-refractivity contribution in [3.05, 3.63) is 69.7 Å². The van der Waals surface area contributed by atoms with Gasteiger partial charge in [0.1, 0.15) is 0 Å². The SMILES string of the molecule is CC(C)(C)[Si](C)(C)OCc1ccc(C=Cc2cccc(Br)c2)cc1. The third kappa shape index (κ3) is 5.44. The van der Waals surface area contributed by atoms with Gasteiger partial charge >= 0.3 is 0 Å². The lowest BCUT2D eigenvalue weighted by Crippen LogP contribution is -2.40. The molecule has 0 amide bonds. The zero-order chi connectivity index (χ0) is 17.8. The fourth-order valence-electron chi connectivity index (χ4n) is 2.01. The van der Waals surface area contributed by atoms with Crippen LogP contribution >= 0.6 is 15.9 Å². The molecule has 2 aromatic carbocycles. The van der Waals surface area contributed by atoms with Crippen LogP contribution in [0.3, 0.4) is 0 Å². The van der Waals surface area contributed by atoms with Crippen LogP contribution in [0.1, 0.15) is 37.5 Å². The second-order valence-electron chi connectivity index (χ2n) is 7.68. The molecule has 0 heterocycles. The van der Waals surface area contributed by atoms with Crippen molar-refractivity contribution in [3.8, 4) is 0 Å². The quantitative estimate of drug-likeness (QED) is 0.381. The van der Waals surface area contributed by atoms with E-state index >= 15 is 0 Å². The Hall–Kier alpha value is -1.16. The Bertz CT molecular complexity index is 697. The summed E-state index contributed by atoms with van der Waals surface area (Å²) in [5, 5.41) is 0.250. The number of hydrogen-bond acceptors (Lipinski definition) is 1. The molecule has 128 valence electrons. The first kappa shape index (κ1) is 19.2. The smallest absolute Gasteiger partial charge is 0.192 e. The molecule has 0 aliphatic carbocycles. The largest absolute Gasteiger partial charge is 0.413 e. The third-order valence-corrected chi connectivity index (χ3v) is 9.67. The van der Waals surface area contributed by atoms with Gasteiger partial charge in [0, 0.05) is 4.47 Å². The molecule has 3 heteroatoms. The van der Waals surface area contributed by atoms with E-state index in [9.17, 15) is 0 Å². The first-order chi connectivity index (χ1) is 11.2. The molecular formula is C21H27BrOSi. The van der Waals surface area contributed by atoms with Crippen molar-refractivity contribution >= 4 is 36.4 Å². The van der Waals surface area contributed by atoms with E-state index < -0.39 is 8.32 Å². The van der Waals surface area contributed by atoms with Gasteiger partial charge in [-0.15, -0.1) is 0 Å². The molecule has 1 nitrogen and oxygen atoms in total. The minimum atomic E-state index is -1.68. The summed E-state index contributed by atoms with van der Waals surface area (Å²) in [5.41, 5.74) is 3.63. The Kier molecular flexibility index (Phi) is 6.24. The summed E-state index contributed by atoms with van der Waals surface area (Å²) in [6.45, 7) is 12.1. The van der Waals surface area contributed by atoms with E-state index in [-0.39, 0.29) is 5.04 Å². The minimum absolute atomic E-state index is 0.250. The molecule has 0 aromatic heterocycles. The number of rotatable bonds is 5. The van der Waals surface area contributed by atoms with Crippen molar-refractivity contribution in [2.45, 2.75) is 45.5 Å². The van der Waals surface area contributed by atoms with Crippen molar-refractivity contribution in [2.24, 2.45) is 0 Å². The minimum Gasteiger partial charge on any atom is -0.413 e. The molecule has 24 heavy (non-hydrogen) atoms. The van der Waals surface area contributed by atoms with E-state index in [4.69, 9.17) is 4.43 Å². The van der Waals surface area contributed by atoms with Gasteiger partial charge in [0.2, 0.25) is 0 Å². The lowest BCUT2D eigenvalue weighted by molar-refractivity contribution is 0.276. The van der Waals surface area contributed by atoms with Crippen LogP contribution in [-0.4, -0.2) is 8.32 Å². The summed E-state index contributed by atoms with van der Waals surface area (Å²) < 4.78 is 7.38. The maximum Gasteiger partial charge on any atom is 0.192 e. The Labute approximate surface area is 156 Å². The lowest BCUT2D eigenvalue weighted by Gasteiger charge is -2.36. The predicted molar refractivity (Wildman–Crippen MR) is 111 cm³/mol. The van der Waals surface area contributed by atoms with Crippen LogP contribution < -0.4 is 0 Å². The van der Waals surface area contributed by atoms with Gasteiger partial charge in [-0.3, -0.25) is 0 Å². The summed E-state index contributed by atoms with van der Waals surface area (Å²) in [5.74, 6) is 0. The first-order valence-corrected chi connectivity index (χ1v) is 12.0. The van der Waals surface area contributed by atoms with Crippen molar-refractivity contribution in [1.29, 1.82) is 0 Å². The lowest BCUT2D eigenvalue weighted by atomic mass is 10.1. The second-order valence-corrected chi connectivity index (χ2v) is 13.4. The molecule has 0 atom stereocenters. The van der Waals surface area contributed by atoms with Crippen LogP contribution in [0.25, 0.3) is 12.2 Å². The zero-order valence-electron chi connectivity index (χ0n) is 15.3. The van der Waals surface area contributed by atoms with E-state index in [1.807, 2.05) is 12.1 Å². The Morgan fingerprint density at radius 1 is 0.958 bits per heavy atom. The highest BCUT2D eigenvalue weighted by atomic mass is 79.9. The Balaban J connectivity index is 1.98. The highest BCUT2D eigenvalue weighted by Crippen LogP contribution is 2.37. The van der Waals surface area contributed by atoms with Crippen LogP contribution in [0.5, 0.6) is 0 Å². The van der Waals surface area contributed by atoms with Gasteiger partial charge in [0.25, 0.3) is 0 Å². The normalized spacial score (nSPS) is 12.8. The Morgan fingerprint density at radius 2 is 1.58 bits per heavy atom. The van der Waals surface area contributed by atoms with Gasteiger partial charge < -0.3 is 4.43 Å². The zero-order valence-corrected chi connectivity index (χ0v) is 17.9. The predicted octanol–water partition coefficient (Wildman–Crippen LogP) is 7.14. The summed E-state index contributed by atoms with van der Waals surface area (Å²) >= 11 is 3.50. The van der Waals surface area contributed by atoms with E-state index in [0.717, 1.165) is 4.47 Å². The van der Waals surface area contributed by atoms with E-state index in [2.05, 4.69) is 98.3 Å². The molecule has 2 rings (SSSR count). The maximum absolute atomic E-state index is 6.28. The van der Waals surface area contributed by atoms with Crippen molar-refractivity contribution in [2.75, 3.05) is 0 Å². The average Bonchev–Trinajstić information content (AvgIpc) is 2.51. The number of hydrogen-bond donors (Lipinski definition) is 0. The highest BCUT2D eigenvalue weighted by Gasteiger charge is 2.36. The van der Waals surface area contributed by atoms with Crippen LogP contribution in [0, 0.1) is 0 Å². The molecule has 0 aliphatic heterocycles. The highest BCUT2D eigenvalue weighted by molar-refractivity contribution is 9.10. The summed E-state index contributed by atoms with van der Waals surface area (Å²) in [4.78, 5) is 0. The average molecular weight is 403 g/mol. The molecule has 0 radical (unpaired) electrons. The molecule has 2 aromatic rings. The molecule has 0 N–H and O–H groups in total. The van der Waals surface area contributed by atoms with Crippen LogP contribution in [0.4, 0.5) is 0 Å². The van der Waals surface area contributed by atoms with Crippen molar-refractivity contribution in [3.63, 3.8) is 0 Å². The molecule has 0 unspecified atom stereocenters. The fourth-order valence-corrected chi connectivity index (χ4v) is 3.39. The van der Waals surface area contributed by atoms with Crippen molar-refractivity contribution in [1.82, 2.24) is 0 Å². The van der Waals surface area contributed by atoms with E-state index in [1.54, 1.807) is 0 Å². The summed E-state index contributed by atoms with van der Waals surface area (Å²) in [6, 6.07) is 16.9. The van der Waals surface area contributed by atoms with Crippen LogP contribution in [0.15, 0.2) is 53.0 Å². The molecule has 0 fully saturated rings. The van der Waals surface area contributed by atoms with Crippen LogP contribution in [-0.2, 0) is 11.0 Å². The molecule has 0 bridgehead atoms. The van der Waals surface area contributed by atoms with Gasteiger partial charge in [-0.05, 0) is 47.0 Å². The van der Waals surface area contributed by atoms with Gasteiger partial charge in [0.15, 0.2) is 8.32 Å². The standard InChI is InChI=1S/C21H27BrOSi/c1-21(2,3)24(4,5)23-16-19-13-10-17(11-14-19)9-12-18-7-6-8-20(22)15-18/h6-15H,16H2,1-5H3. The molecule has 0 saturated heterocycles.